The zero-order valence-electron chi connectivity index (χ0n) is 12.0. The molecule has 0 radical (unpaired) electrons. The minimum atomic E-state index is -1.72. The first kappa shape index (κ1) is 18.9. The summed E-state index contributed by atoms with van der Waals surface area (Å²) in [6, 6.07) is 0. The molecule has 2 saturated heterocycles. The van der Waals surface area contributed by atoms with Gasteiger partial charge in [0.2, 0.25) is 0 Å². The Hall–Kier alpha value is -0.440. The van der Waals surface area contributed by atoms with E-state index < -0.39 is 74.6 Å². The summed E-state index contributed by atoms with van der Waals surface area (Å²) in [5.41, 5.74) is 0. The van der Waals surface area contributed by atoms with E-state index in [1.54, 1.807) is 0 Å². The van der Waals surface area contributed by atoms with Gasteiger partial charge in [0.05, 0.1) is 13.2 Å². The second-order valence-corrected chi connectivity index (χ2v) is 5.53. The lowest BCUT2D eigenvalue weighted by Crippen LogP contribution is -2.63. The van der Waals surface area contributed by atoms with E-state index in [2.05, 4.69) is 0 Å². The lowest BCUT2D eigenvalue weighted by atomic mass is 9.98. The van der Waals surface area contributed by atoms with Crippen molar-refractivity contribution >= 4 is 0 Å². The number of hydrogen-bond donors (Lipinski definition) is 8. The second-order valence-electron chi connectivity index (χ2n) is 5.53. The molecule has 0 aromatic heterocycles. The second kappa shape index (κ2) is 7.63. The fourth-order valence-electron chi connectivity index (χ4n) is 2.49. The number of rotatable bonds is 4. The molecular formula is C12H22O11. The van der Waals surface area contributed by atoms with Crippen LogP contribution in [0.4, 0.5) is 0 Å². The highest BCUT2D eigenvalue weighted by Gasteiger charge is 2.49. The molecule has 2 aliphatic rings. The minimum absolute atomic E-state index is 0.667. The van der Waals surface area contributed by atoms with Crippen molar-refractivity contribution < 1.29 is 55.1 Å². The molecule has 0 amide bonds. The average Bonchev–Trinajstić information content (AvgIpc) is 2.55. The van der Waals surface area contributed by atoms with Crippen LogP contribution in [0.15, 0.2) is 0 Å². The SMILES string of the molecule is OC[C@H]1O[C@@H](O[C@H]2O[C@H](CO)[C@@H](O)[C@@H](O)[C@H]2O)[C@@H](O)[C@@H](O)[C@H]1O. The number of ether oxygens (including phenoxy) is 3. The predicted molar refractivity (Wildman–Crippen MR) is 68.6 cm³/mol. The molecule has 11 nitrogen and oxygen atoms in total. The van der Waals surface area contributed by atoms with E-state index in [1.165, 1.54) is 0 Å². The summed E-state index contributed by atoms with van der Waals surface area (Å²) in [5, 5.41) is 76.4. The van der Waals surface area contributed by atoms with Gasteiger partial charge in [-0.15, -0.1) is 0 Å². The first-order valence-corrected chi connectivity index (χ1v) is 7.08. The van der Waals surface area contributed by atoms with E-state index in [9.17, 15) is 30.6 Å². The zero-order valence-corrected chi connectivity index (χ0v) is 12.0. The molecule has 11 heteroatoms. The summed E-state index contributed by atoms with van der Waals surface area (Å²) in [5.74, 6) is 0. The van der Waals surface area contributed by atoms with Crippen molar-refractivity contribution in [1.82, 2.24) is 0 Å². The van der Waals surface area contributed by atoms with E-state index in [1.807, 2.05) is 0 Å². The molecule has 0 bridgehead atoms. The first-order chi connectivity index (χ1) is 10.8. The van der Waals surface area contributed by atoms with Crippen molar-refractivity contribution in [3.05, 3.63) is 0 Å². The maximum absolute atomic E-state index is 9.84. The minimum Gasteiger partial charge on any atom is -0.394 e. The van der Waals surface area contributed by atoms with Gasteiger partial charge in [-0.25, -0.2) is 0 Å². The average molecular weight is 342 g/mol. The number of aliphatic hydroxyl groups excluding tert-OH is 8. The van der Waals surface area contributed by atoms with E-state index >= 15 is 0 Å². The van der Waals surface area contributed by atoms with Gasteiger partial charge < -0.3 is 55.1 Å². The molecule has 2 rings (SSSR count). The Morgan fingerprint density at radius 1 is 0.565 bits per heavy atom. The van der Waals surface area contributed by atoms with Crippen molar-refractivity contribution in [3.8, 4) is 0 Å². The van der Waals surface area contributed by atoms with Crippen molar-refractivity contribution in [2.75, 3.05) is 13.2 Å². The molecule has 10 atom stereocenters. The van der Waals surface area contributed by atoms with Crippen LogP contribution in [0.2, 0.25) is 0 Å². The summed E-state index contributed by atoms with van der Waals surface area (Å²) < 4.78 is 15.3. The van der Waals surface area contributed by atoms with Gasteiger partial charge in [-0.05, 0) is 0 Å². The van der Waals surface area contributed by atoms with Crippen LogP contribution < -0.4 is 0 Å². The molecule has 0 unspecified atom stereocenters. The van der Waals surface area contributed by atoms with Gasteiger partial charge in [0.25, 0.3) is 0 Å². The largest absolute Gasteiger partial charge is 0.394 e. The lowest BCUT2D eigenvalue weighted by Gasteiger charge is -2.44. The van der Waals surface area contributed by atoms with Crippen molar-refractivity contribution in [2.45, 2.75) is 61.4 Å². The Morgan fingerprint density at radius 2 is 0.913 bits per heavy atom. The van der Waals surface area contributed by atoms with Crippen LogP contribution in [0.3, 0.4) is 0 Å². The molecule has 0 aliphatic carbocycles. The highest BCUT2D eigenvalue weighted by atomic mass is 16.8. The Morgan fingerprint density at radius 3 is 1.22 bits per heavy atom. The van der Waals surface area contributed by atoms with Crippen LogP contribution in [0.5, 0.6) is 0 Å². The van der Waals surface area contributed by atoms with Gasteiger partial charge in [-0.2, -0.15) is 0 Å². The van der Waals surface area contributed by atoms with Gasteiger partial charge in [0, 0.05) is 0 Å². The fraction of sp³-hybridized carbons (Fsp3) is 1.00. The van der Waals surface area contributed by atoms with Crippen LogP contribution >= 0.6 is 0 Å². The van der Waals surface area contributed by atoms with Gasteiger partial charge in [0.15, 0.2) is 12.6 Å². The van der Waals surface area contributed by atoms with E-state index in [4.69, 9.17) is 24.4 Å². The van der Waals surface area contributed by atoms with Gasteiger partial charge in [-0.1, -0.05) is 0 Å². The van der Waals surface area contributed by atoms with Crippen LogP contribution in [-0.2, 0) is 14.2 Å². The molecule has 0 saturated carbocycles. The molecule has 8 N–H and O–H groups in total. The Kier molecular flexibility index (Phi) is 6.27. The summed E-state index contributed by atoms with van der Waals surface area (Å²) in [4.78, 5) is 0. The van der Waals surface area contributed by atoms with Crippen molar-refractivity contribution in [2.24, 2.45) is 0 Å². The number of aliphatic hydroxyl groups is 8. The predicted octanol–water partition coefficient (Wildman–Crippen LogP) is -5.40. The third-order valence-corrected chi connectivity index (χ3v) is 3.97. The maximum Gasteiger partial charge on any atom is 0.189 e. The van der Waals surface area contributed by atoms with Crippen LogP contribution in [0, 0.1) is 0 Å². The topological polar surface area (TPSA) is 190 Å². The monoisotopic (exact) mass is 342 g/mol. The Balaban J connectivity index is 2.07. The molecule has 2 heterocycles. The third kappa shape index (κ3) is 3.65. The van der Waals surface area contributed by atoms with Crippen molar-refractivity contribution in [3.63, 3.8) is 0 Å². The molecule has 2 fully saturated rings. The molecular weight excluding hydrogens is 320 g/mol. The maximum atomic E-state index is 9.84. The Labute approximate surface area is 130 Å². The van der Waals surface area contributed by atoms with Crippen LogP contribution in [0.1, 0.15) is 0 Å². The van der Waals surface area contributed by atoms with Crippen molar-refractivity contribution in [1.29, 1.82) is 0 Å². The molecule has 136 valence electrons. The molecule has 0 spiro atoms. The van der Waals surface area contributed by atoms with E-state index in [0.29, 0.717) is 0 Å². The lowest BCUT2D eigenvalue weighted by molar-refractivity contribution is -0.376. The summed E-state index contributed by atoms with van der Waals surface area (Å²) in [7, 11) is 0. The van der Waals surface area contributed by atoms with Gasteiger partial charge in [0.1, 0.15) is 48.8 Å². The van der Waals surface area contributed by atoms with E-state index in [0.717, 1.165) is 0 Å². The molecule has 0 aromatic carbocycles. The molecule has 23 heavy (non-hydrogen) atoms. The summed E-state index contributed by atoms with van der Waals surface area (Å²) in [6.45, 7) is -1.33. The first-order valence-electron chi connectivity index (χ1n) is 7.08. The highest BCUT2D eigenvalue weighted by molar-refractivity contribution is 4.92. The molecule has 0 aromatic rings. The molecule has 2 aliphatic heterocycles. The van der Waals surface area contributed by atoms with Gasteiger partial charge in [-0.3, -0.25) is 0 Å². The standard InChI is InChI=1S/C12H22O11/c13-1-3-5(15)7(17)9(19)11(21-3)23-12-10(20)8(18)6(16)4(2-14)22-12/h3-20H,1-2H2/t3-,4-,5-,6+,7-,8+,9-,10+,11-,12+/m1/s1. The zero-order chi connectivity index (χ0) is 17.3. The normalized spacial score (nSPS) is 51.7. The fourth-order valence-corrected chi connectivity index (χ4v) is 2.49. The summed E-state index contributed by atoms with van der Waals surface area (Å²) >= 11 is 0. The highest BCUT2D eigenvalue weighted by Crippen LogP contribution is 2.27. The van der Waals surface area contributed by atoms with Gasteiger partial charge >= 0.3 is 0 Å². The van der Waals surface area contributed by atoms with Crippen LogP contribution in [0.25, 0.3) is 0 Å². The Bertz CT molecular complexity index is 344. The van der Waals surface area contributed by atoms with Crippen LogP contribution in [-0.4, -0.2) is 115 Å². The quantitative estimate of drug-likeness (QED) is 0.243. The number of hydrogen-bond acceptors (Lipinski definition) is 11. The van der Waals surface area contributed by atoms with E-state index in [-0.39, 0.29) is 0 Å². The summed E-state index contributed by atoms with van der Waals surface area (Å²) in [6.07, 6.45) is -15.6. The smallest absolute Gasteiger partial charge is 0.189 e. The third-order valence-electron chi connectivity index (χ3n) is 3.97.